The summed E-state index contributed by atoms with van der Waals surface area (Å²) in [5, 5.41) is 3.51. The number of rotatable bonds is 7. The Balaban J connectivity index is 1.72. The van der Waals surface area contributed by atoms with Crippen molar-refractivity contribution in [3.63, 3.8) is 0 Å². The Hall–Kier alpha value is -2.18. The molecule has 0 spiro atoms. The van der Waals surface area contributed by atoms with E-state index in [2.05, 4.69) is 5.32 Å². The summed E-state index contributed by atoms with van der Waals surface area (Å²) in [6, 6.07) is 12.7. The van der Waals surface area contributed by atoms with Crippen molar-refractivity contribution in [1.82, 2.24) is 4.90 Å². The third kappa shape index (κ3) is 7.15. The minimum Gasteiger partial charge on any atom is -0.494 e. The standard InChI is InChI=1S/C20H23ClN2O3S/c1-14-13-16(8-11-18(14)21)26-12-4-5-19(24)22-15-6-9-17(10-7-15)27-20(25)23(2)3/h6-11,13H,4-5,12H2,1-3H3,(H,22,24). The van der Waals surface area contributed by atoms with Crippen LogP contribution in [-0.4, -0.2) is 36.7 Å². The SMILES string of the molecule is Cc1cc(OCCCC(=O)Nc2ccc(SC(=O)N(C)C)cc2)ccc1Cl. The van der Waals surface area contributed by atoms with Crippen LogP contribution in [0.15, 0.2) is 47.4 Å². The maximum absolute atomic E-state index is 12.0. The molecule has 0 radical (unpaired) electrons. The lowest BCUT2D eigenvalue weighted by atomic mass is 10.2. The zero-order chi connectivity index (χ0) is 19.8. The van der Waals surface area contributed by atoms with E-state index >= 15 is 0 Å². The van der Waals surface area contributed by atoms with Crippen LogP contribution in [0.25, 0.3) is 0 Å². The number of nitrogens with zero attached hydrogens (tertiary/aromatic N) is 1. The number of anilines is 1. The molecule has 7 heteroatoms. The third-order valence-electron chi connectivity index (χ3n) is 3.65. The second-order valence-corrected chi connectivity index (χ2v) is 7.63. The van der Waals surface area contributed by atoms with Crippen LogP contribution in [0, 0.1) is 6.92 Å². The monoisotopic (exact) mass is 406 g/mol. The van der Waals surface area contributed by atoms with Crippen LogP contribution >= 0.6 is 23.4 Å². The summed E-state index contributed by atoms with van der Waals surface area (Å²) in [6.45, 7) is 2.37. The molecular weight excluding hydrogens is 384 g/mol. The van der Waals surface area contributed by atoms with Crippen molar-refractivity contribution >= 4 is 40.2 Å². The second kappa shape index (κ2) is 10.2. The Bertz CT molecular complexity index is 794. The van der Waals surface area contributed by atoms with Crippen LogP contribution < -0.4 is 10.1 Å². The van der Waals surface area contributed by atoms with Gasteiger partial charge >= 0.3 is 0 Å². The number of hydrogen-bond donors (Lipinski definition) is 1. The number of benzene rings is 2. The van der Waals surface area contributed by atoms with Gasteiger partial charge in [-0.3, -0.25) is 9.59 Å². The molecule has 27 heavy (non-hydrogen) atoms. The highest BCUT2D eigenvalue weighted by molar-refractivity contribution is 8.13. The molecule has 0 atom stereocenters. The molecule has 0 saturated carbocycles. The van der Waals surface area contributed by atoms with Crippen molar-refractivity contribution in [2.24, 2.45) is 0 Å². The average molecular weight is 407 g/mol. The highest BCUT2D eigenvalue weighted by atomic mass is 35.5. The molecule has 2 rings (SSSR count). The first-order chi connectivity index (χ1) is 12.8. The Morgan fingerprint density at radius 2 is 1.85 bits per heavy atom. The molecule has 0 unspecified atom stereocenters. The first kappa shape index (κ1) is 21.1. The maximum atomic E-state index is 12.0. The molecule has 0 aliphatic heterocycles. The van der Waals surface area contributed by atoms with Gasteiger partial charge in [0.1, 0.15) is 5.75 Å². The summed E-state index contributed by atoms with van der Waals surface area (Å²) in [4.78, 5) is 26.0. The molecule has 2 aromatic rings. The van der Waals surface area contributed by atoms with Gasteiger partial charge in [0, 0.05) is 36.1 Å². The van der Waals surface area contributed by atoms with Gasteiger partial charge in [-0.1, -0.05) is 11.6 Å². The van der Waals surface area contributed by atoms with Gasteiger partial charge < -0.3 is 15.0 Å². The predicted octanol–water partition coefficient (Wildman–Crippen LogP) is 5.22. The number of halogens is 1. The van der Waals surface area contributed by atoms with Crippen LogP contribution in [0.5, 0.6) is 5.75 Å². The Morgan fingerprint density at radius 3 is 2.48 bits per heavy atom. The molecule has 1 N–H and O–H groups in total. The van der Waals surface area contributed by atoms with Crippen molar-refractivity contribution in [2.75, 3.05) is 26.0 Å². The topological polar surface area (TPSA) is 58.6 Å². The Labute approximate surface area is 169 Å². The molecule has 0 aliphatic carbocycles. The second-order valence-electron chi connectivity index (χ2n) is 6.20. The molecule has 144 valence electrons. The number of ether oxygens (including phenoxy) is 1. The van der Waals surface area contributed by atoms with E-state index in [0.29, 0.717) is 30.2 Å². The number of carbonyl (C=O) groups excluding carboxylic acids is 2. The molecule has 0 aromatic heterocycles. The lowest BCUT2D eigenvalue weighted by Crippen LogP contribution is -2.16. The fourth-order valence-corrected chi connectivity index (χ4v) is 2.93. The molecule has 0 heterocycles. The van der Waals surface area contributed by atoms with Crippen molar-refractivity contribution in [3.8, 4) is 5.75 Å². The van der Waals surface area contributed by atoms with Crippen molar-refractivity contribution < 1.29 is 14.3 Å². The zero-order valence-corrected chi connectivity index (χ0v) is 17.2. The van der Waals surface area contributed by atoms with E-state index in [-0.39, 0.29) is 11.1 Å². The maximum Gasteiger partial charge on any atom is 0.285 e. The number of nitrogens with one attached hydrogen (secondary N) is 1. The summed E-state index contributed by atoms with van der Waals surface area (Å²) in [6.07, 6.45) is 0.973. The highest BCUT2D eigenvalue weighted by Gasteiger charge is 2.07. The molecule has 2 aromatic carbocycles. The quantitative estimate of drug-likeness (QED) is 0.505. The molecule has 0 aliphatic rings. The minimum atomic E-state index is -0.0735. The largest absolute Gasteiger partial charge is 0.494 e. The van der Waals surface area contributed by atoms with Gasteiger partial charge in [0.05, 0.1) is 6.61 Å². The van der Waals surface area contributed by atoms with Gasteiger partial charge in [0.25, 0.3) is 5.24 Å². The van der Waals surface area contributed by atoms with Gasteiger partial charge in [0.2, 0.25) is 5.91 Å². The fourth-order valence-electron chi connectivity index (χ4n) is 2.15. The van der Waals surface area contributed by atoms with Crippen LogP contribution in [0.1, 0.15) is 18.4 Å². The normalized spacial score (nSPS) is 10.4. The Morgan fingerprint density at radius 1 is 1.15 bits per heavy atom. The number of thioether (sulfide) groups is 1. The summed E-state index contributed by atoms with van der Waals surface area (Å²) in [5.74, 6) is 0.674. The van der Waals surface area contributed by atoms with E-state index < -0.39 is 0 Å². The van der Waals surface area contributed by atoms with Crippen LogP contribution in [0.3, 0.4) is 0 Å². The summed E-state index contributed by atoms with van der Waals surface area (Å²) in [5.41, 5.74) is 1.66. The molecule has 2 amide bonds. The summed E-state index contributed by atoms with van der Waals surface area (Å²) >= 11 is 7.13. The lowest BCUT2D eigenvalue weighted by molar-refractivity contribution is -0.116. The van der Waals surface area contributed by atoms with Crippen LogP contribution in [0.4, 0.5) is 10.5 Å². The van der Waals surface area contributed by atoms with E-state index in [1.165, 1.54) is 4.90 Å². The van der Waals surface area contributed by atoms with Gasteiger partial charge in [-0.2, -0.15) is 0 Å². The minimum absolute atomic E-state index is 0.0392. The van der Waals surface area contributed by atoms with Gasteiger partial charge in [-0.05, 0) is 73.1 Å². The predicted molar refractivity (Wildman–Crippen MR) is 111 cm³/mol. The number of aryl methyl sites for hydroxylation is 1. The highest BCUT2D eigenvalue weighted by Crippen LogP contribution is 2.23. The molecule has 0 saturated heterocycles. The van der Waals surface area contributed by atoms with Crippen LogP contribution in [0.2, 0.25) is 5.02 Å². The number of amides is 2. The Kier molecular flexibility index (Phi) is 8.00. The average Bonchev–Trinajstić information content (AvgIpc) is 2.63. The third-order valence-corrected chi connectivity index (χ3v) is 5.13. The van der Waals surface area contributed by atoms with E-state index in [1.54, 1.807) is 32.3 Å². The molecule has 0 bridgehead atoms. The number of carbonyl (C=O) groups is 2. The van der Waals surface area contributed by atoms with Gasteiger partial charge in [-0.25, -0.2) is 0 Å². The van der Waals surface area contributed by atoms with Crippen molar-refractivity contribution in [2.45, 2.75) is 24.7 Å². The van der Waals surface area contributed by atoms with Crippen molar-refractivity contribution in [1.29, 1.82) is 0 Å². The summed E-state index contributed by atoms with van der Waals surface area (Å²) in [7, 11) is 3.42. The lowest BCUT2D eigenvalue weighted by Gasteiger charge is -2.10. The first-order valence-corrected chi connectivity index (χ1v) is 9.72. The molecule has 5 nitrogen and oxygen atoms in total. The van der Waals surface area contributed by atoms with Crippen molar-refractivity contribution in [3.05, 3.63) is 53.1 Å². The fraction of sp³-hybridized carbons (Fsp3) is 0.300. The van der Waals surface area contributed by atoms with Gasteiger partial charge in [-0.15, -0.1) is 0 Å². The van der Waals surface area contributed by atoms with E-state index in [0.717, 1.165) is 28.0 Å². The first-order valence-electron chi connectivity index (χ1n) is 8.53. The van der Waals surface area contributed by atoms with E-state index in [1.807, 2.05) is 31.2 Å². The zero-order valence-electron chi connectivity index (χ0n) is 15.6. The number of hydrogen-bond acceptors (Lipinski definition) is 4. The summed E-state index contributed by atoms with van der Waals surface area (Å²) < 4.78 is 5.64. The smallest absolute Gasteiger partial charge is 0.285 e. The van der Waals surface area contributed by atoms with E-state index in [4.69, 9.17) is 16.3 Å². The van der Waals surface area contributed by atoms with Gasteiger partial charge in [0.15, 0.2) is 0 Å². The van der Waals surface area contributed by atoms with Crippen LogP contribution in [-0.2, 0) is 4.79 Å². The van der Waals surface area contributed by atoms with E-state index in [9.17, 15) is 9.59 Å². The molecular formula is C20H23ClN2O3S. The molecule has 0 fully saturated rings.